The third-order valence-corrected chi connectivity index (χ3v) is 4.19. The van der Waals surface area contributed by atoms with Crippen LogP contribution in [-0.4, -0.2) is 22.1 Å². The van der Waals surface area contributed by atoms with Crippen LogP contribution < -0.4 is 5.32 Å². The van der Waals surface area contributed by atoms with Crippen LogP contribution in [-0.2, 0) is 9.53 Å². The number of benzene rings is 1. The average Bonchev–Trinajstić information content (AvgIpc) is 3.21. The molecule has 7 heteroatoms. The van der Waals surface area contributed by atoms with Crippen molar-refractivity contribution < 1.29 is 18.3 Å². The fourth-order valence-corrected chi connectivity index (χ4v) is 3.17. The van der Waals surface area contributed by atoms with Crippen LogP contribution in [0.15, 0.2) is 52.3 Å². The van der Waals surface area contributed by atoms with Crippen molar-refractivity contribution in [2.45, 2.75) is 19.9 Å². The van der Waals surface area contributed by atoms with Gasteiger partial charge in [-0.2, -0.15) is 0 Å². The van der Waals surface area contributed by atoms with Crippen LogP contribution in [0.1, 0.15) is 25.6 Å². The van der Waals surface area contributed by atoms with Gasteiger partial charge in [0.15, 0.2) is 0 Å². The quantitative estimate of drug-likeness (QED) is 0.737. The number of nitrogens with zero attached hydrogens (tertiary/aromatic N) is 2. The third kappa shape index (κ3) is 2.39. The molecule has 0 bridgehead atoms. The zero-order valence-corrected chi connectivity index (χ0v) is 13.7. The summed E-state index contributed by atoms with van der Waals surface area (Å²) in [6.07, 6.45) is 1.54. The Kier molecular flexibility index (Phi) is 3.56. The van der Waals surface area contributed by atoms with E-state index in [1.807, 2.05) is 0 Å². The minimum Gasteiger partial charge on any atom is -0.467 e. The van der Waals surface area contributed by atoms with Crippen LogP contribution in [0.3, 0.4) is 0 Å². The summed E-state index contributed by atoms with van der Waals surface area (Å²) in [5.74, 6) is 0.247. The highest BCUT2D eigenvalue weighted by Crippen LogP contribution is 2.39. The number of allylic oxidation sites excluding steroid dienone is 1. The van der Waals surface area contributed by atoms with Crippen LogP contribution in [0.25, 0.3) is 11.0 Å². The first kappa shape index (κ1) is 15.4. The molecule has 3 aromatic rings. The third-order valence-electron chi connectivity index (χ3n) is 4.19. The molecule has 6 nitrogen and oxygen atoms in total. The van der Waals surface area contributed by atoms with Crippen molar-refractivity contribution in [1.29, 1.82) is 0 Å². The maximum atomic E-state index is 13.8. The number of halogens is 1. The van der Waals surface area contributed by atoms with E-state index >= 15 is 0 Å². The fraction of sp³-hybridized carbons (Fsp3) is 0.222. The molecule has 0 aliphatic carbocycles. The van der Waals surface area contributed by atoms with Gasteiger partial charge >= 0.3 is 5.97 Å². The number of hydrogen-bond acceptors (Lipinski definition) is 5. The van der Waals surface area contributed by atoms with Gasteiger partial charge in [0.1, 0.15) is 17.6 Å². The molecule has 1 unspecified atom stereocenters. The molecule has 4 rings (SSSR count). The van der Waals surface area contributed by atoms with E-state index < -0.39 is 12.0 Å². The lowest BCUT2D eigenvalue weighted by Crippen LogP contribution is -2.28. The van der Waals surface area contributed by atoms with Crippen molar-refractivity contribution in [2.75, 3.05) is 11.9 Å². The van der Waals surface area contributed by atoms with Crippen LogP contribution >= 0.6 is 0 Å². The molecule has 0 fully saturated rings. The number of nitrogens with one attached hydrogen (secondary N) is 1. The molecule has 0 spiro atoms. The molecule has 1 aliphatic rings. The second kappa shape index (κ2) is 5.77. The molecule has 0 amide bonds. The number of furan rings is 1. The molecular formula is C18H16FN3O3. The molecule has 0 radical (unpaired) electrons. The predicted molar refractivity (Wildman–Crippen MR) is 89.5 cm³/mol. The molecule has 1 N–H and O–H groups in total. The lowest BCUT2D eigenvalue weighted by Gasteiger charge is -2.28. The number of hydrogen-bond donors (Lipinski definition) is 1. The predicted octanol–water partition coefficient (Wildman–Crippen LogP) is 3.62. The van der Waals surface area contributed by atoms with E-state index in [-0.39, 0.29) is 12.4 Å². The molecule has 0 saturated heterocycles. The Hall–Kier alpha value is -3.09. The summed E-state index contributed by atoms with van der Waals surface area (Å²) in [5.41, 5.74) is 2.23. The van der Waals surface area contributed by atoms with E-state index in [1.165, 1.54) is 18.4 Å². The van der Waals surface area contributed by atoms with Crippen LogP contribution in [0.5, 0.6) is 0 Å². The van der Waals surface area contributed by atoms with Crippen molar-refractivity contribution in [3.63, 3.8) is 0 Å². The van der Waals surface area contributed by atoms with Crippen molar-refractivity contribution in [3.8, 4) is 0 Å². The van der Waals surface area contributed by atoms with Gasteiger partial charge in [0, 0.05) is 5.70 Å². The van der Waals surface area contributed by atoms with Gasteiger partial charge in [-0.1, -0.05) is 0 Å². The van der Waals surface area contributed by atoms with Crippen molar-refractivity contribution in [1.82, 2.24) is 9.55 Å². The smallest absolute Gasteiger partial charge is 0.338 e. The first-order valence-electron chi connectivity index (χ1n) is 7.96. The number of ether oxygens (including phenoxy) is 1. The van der Waals surface area contributed by atoms with Gasteiger partial charge in [-0.05, 0) is 44.2 Å². The molecule has 1 aromatic carbocycles. The molecular weight excluding hydrogens is 325 g/mol. The van der Waals surface area contributed by atoms with Gasteiger partial charge < -0.3 is 14.5 Å². The first-order chi connectivity index (χ1) is 12.1. The largest absolute Gasteiger partial charge is 0.467 e. The number of fused-ring (bicyclic) bond motifs is 3. The number of imidazole rings is 1. The molecule has 1 atom stereocenters. The number of anilines is 1. The van der Waals surface area contributed by atoms with Crippen LogP contribution in [0.4, 0.5) is 10.3 Å². The standard InChI is InChI=1S/C18H16FN3O3/c1-3-24-17(23)15-10(2)20-18-21-12-7-6-11(19)9-13(12)22(18)16(15)14-5-4-8-25-14/h4-9,16H,3H2,1-2H3,(H,20,21). The summed E-state index contributed by atoms with van der Waals surface area (Å²) >= 11 is 0. The first-order valence-corrected chi connectivity index (χ1v) is 7.96. The highest BCUT2D eigenvalue weighted by molar-refractivity contribution is 5.93. The minimum absolute atomic E-state index is 0.257. The Morgan fingerprint density at radius 3 is 3.00 bits per heavy atom. The second-order valence-corrected chi connectivity index (χ2v) is 5.74. The van der Waals surface area contributed by atoms with Crippen LogP contribution in [0.2, 0.25) is 0 Å². The lowest BCUT2D eigenvalue weighted by atomic mass is 10.0. The summed E-state index contributed by atoms with van der Waals surface area (Å²) < 4.78 is 26.4. The average molecular weight is 341 g/mol. The summed E-state index contributed by atoms with van der Waals surface area (Å²) in [6, 6.07) is 7.29. The van der Waals surface area contributed by atoms with Crippen LogP contribution in [0, 0.1) is 5.82 Å². The van der Waals surface area contributed by atoms with E-state index in [0.29, 0.717) is 34.0 Å². The minimum atomic E-state index is -0.586. The van der Waals surface area contributed by atoms with E-state index in [2.05, 4.69) is 10.3 Å². The van der Waals surface area contributed by atoms with Gasteiger partial charge in [-0.15, -0.1) is 0 Å². The van der Waals surface area contributed by atoms with Crippen molar-refractivity contribution in [3.05, 3.63) is 59.4 Å². The summed E-state index contributed by atoms with van der Waals surface area (Å²) in [6.45, 7) is 3.79. The van der Waals surface area contributed by atoms with Gasteiger partial charge in [-0.25, -0.2) is 14.2 Å². The number of carbonyl (C=O) groups is 1. The van der Waals surface area contributed by atoms with E-state index in [0.717, 1.165) is 0 Å². The normalized spacial score (nSPS) is 16.7. The second-order valence-electron chi connectivity index (χ2n) is 5.74. The zero-order chi connectivity index (χ0) is 17.6. The van der Waals surface area contributed by atoms with Gasteiger partial charge in [0.2, 0.25) is 5.95 Å². The summed E-state index contributed by atoms with van der Waals surface area (Å²) in [7, 11) is 0. The van der Waals surface area contributed by atoms with Crippen molar-refractivity contribution in [2.24, 2.45) is 0 Å². The Morgan fingerprint density at radius 1 is 1.44 bits per heavy atom. The topological polar surface area (TPSA) is 69.3 Å². The van der Waals surface area contributed by atoms with E-state index in [4.69, 9.17) is 9.15 Å². The molecule has 3 heterocycles. The number of carbonyl (C=O) groups excluding carboxylic acids is 1. The molecule has 1 aliphatic heterocycles. The Labute approximate surface area is 142 Å². The molecule has 128 valence electrons. The maximum absolute atomic E-state index is 13.8. The highest BCUT2D eigenvalue weighted by Gasteiger charge is 2.36. The molecule has 0 saturated carbocycles. The number of esters is 1. The molecule has 2 aromatic heterocycles. The fourth-order valence-electron chi connectivity index (χ4n) is 3.17. The van der Waals surface area contributed by atoms with Gasteiger partial charge in [0.05, 0.1) is 29.5 Å². The van der Waals surface area contributed by atoms with Gasteiger partial charge in [0.25, 0.3) is 0 Å². The van der Waals surface area contributed by atoms with Gasteiger partial charge in [-0.3, -0.25) is 4.57 Å². The Morgan fingerprint density at radius 2 is 2.28 bits per heavy atom. The number of rotatable bonds is 3. The molecule has 25 heavy (non-hydrogen) atoms. The zero-order valence-electron chi connectivity index (χ0n) is 13.7. The lowest BCUT2D eigenvalue weighted by molar-refractivity contribution is -0.139. The number of aromatic nitrogens is 2. The highest BCUT2D eigenvalue weighted by atomic mass is 19.1. The van der Waals surface area contributed by atoms with Crippen molar-refractivity contribution >= 4 is 23.0 Å². The SMILES string of the molecule is CCOC(=O)C1=C(C)Nc2nc3ccc(F)cc3n2C1c1ccco1. The monoisotopic (exact) mass is 341 g/mol. The van der Waals surface area contributed by atoms with E-state index in [9.17, 15) is 9.18 Å². The summed E-state index contributed by atoms with van der Waals surface area (Å²) in [4.78, 5) is 17.1. The summed E-state index contributed by atoms with van der Waals surface area (Å²) in [5, 5.41) is 3.12. The maximum Gasteiger partial charge on any atom is 0.338 e. The van der Waals surface area contributed by atoms with E-state index in [1.54, 1.807) is 36.6 Å². The Bertz CT molecular complexity index is 989. The Balaban J connectivity index is 1.98.